The van der Waals surface area contributed by atoms with Crippen molar-refractivity contribution in [2.24, 2.45) is 46.1 Å². The van der Waals surface area contributed by atoms with Crippen LogP contribution < -0.4 is 70.1 Å². The number of ether oxygens (including phenoxy) is 10. The van der Waals surface area contributed by atoms with Crippen molar-refractivity contribution in [1.29, 1.82) is 0 Å². The van der Waals surface area contributed by atoms with E-state index in [2.05, 4.69) is 53.6 Å². The number of para-hydroxylation sites is 1. The number of Topliss-reactive ketones (excluding diaryl/α,β-unsaturated/α-hetero) is 2. The van der Waals surface area contributed by atoms with Gasteiger partial charge in [-0.15, -0.1) is 5.53 Å². The molecule has 22 N–H and O–H groups in total. The van der Waals surface area contributed by atoms with E-state index in [4.69, 9.17) is 58.9 Å². The maximum atomic E-state index is 18.4. The van der Waals surface area contributed by atoms with E-state index in [0.717, 1.165) is 34.9 Å². The summed E-state index contributed by atoms with van der Waals surface area (Å²) in [6.45, 7) is 7.38. The molecule has 24 atom stereocenters. The summed E-state index contributed by atoms with van der Waals surface area (Å²) in [6, 6.07) is 11.7. The van der Waals surface area contributed by atoms with Crippen molar-refractivity contribution in [2.45, 2.75) is 279 Å². The van der Waals surface area contributed by atoms with Crippen LogP contribution in [0, 0.1) is 34.5 Å². The number of nitrogens with one attached hydrogen (secondary N) is 10. The lowest BCUT2D eigenvalue weighted by Gasteiger charge is -2.63. The van der Waals surface area contributed by atoms with Crippen molar-refractivity contribution in [2.75, 3.05) is 111 Å². The second-order valence-electron chi connectivity index (χ2n) is 38.2. The monoisotopic (exact) mass is 1980 g/mol. The zero-order valence-electron chi connectivity index (χ0n) is 80.3. The normalized spacial score (nSPS) is 31.2. The predicted octanol–water partition coefficient (Wildman–Crippen LogP) is -0.265. The molecule has 0 radical (unpaired) electrons. The van der Waals surface area contributed by atoms with E-state index in [9.17, 15) is 84.0 Å². The number of hydrogen-bond acceptors (Lipinski definition) is 34. The van der Waals surface area contributed by atoms with Crippen molar-refractivity contribution in [3.8, 4) is 0 Å². The van der Waals surface area contributed by atoms with Crippen LogP contribution in [0.5, 0.6) is 0 Å². The topological polar surface area (TPSA) is 604 Å². The zero-order chi connectivity index (χ0) is 101. The lowest BCUT2D eigenvalue weighted by molar-refractivity contribution is -0.349. The van der Waals surface area contributed by atoms with Crippen LogP contribution >= 0.6 is 0 Å². The van der Waals surface area contributed by atoms with Gasteiger partial charge in [0.05, 0.1) is 126 Å². The molecule has 0 aromatic heterocycles. The summed E-state index contributed by atoms with van der Waals surface area (Å²) in [4.78, 5) is 140. The maximum Gasteiger partial charge on any atom is 0.312 e. The Bertz CT molecular complexity index is 4750. The molecule has 44 heteroatoms. The lowest BCUT2D eigenvalue weighted by Crippen LogP contribution is -2.71. The highest BCUT2D eigenvalue weighted by Crippen LogP contribution is 2.72. The van der Waals surface area contributed by atoms with E-state index >= 15 is 13.6 Å². The highest BCUT2D eigenvalue weighted by Gasteiger charge is 2.80. The molecule has 778 valence electrons. The van der Waals surface area contributed by atoms with Crippen LogP contribution in [-0.2, 0) is 97.1 Å². The fourth-order valence-corrected chi connectivity index (χ4v) is 21.6. The number of primary amides is 1. The molecule has 140 heavy (non-hydrogen) atoms. The molecule has 0 bridgehead atoms. The van der Waals surface area contributed by atoms with E-state index in [0.29, 0.717) is 61.3 Å². The number of hydrogen-bond donors (Lipinski definition) is 20. The molecule has 2 unspecified atom stereocenters. The Labute approximate surface area is 811 Å². The van der Waals surface area contributed by atoms with Crippen molar-refractivity contribution in [3.63, 3.8) is 0 Å². The van der Waals surface area contributed by atoms with Gasteiger partial charge in [-0.25, -0.2) is 13.6 Å². The number of carbonyl (C=O) groups is 10. The number of allylic oxidation sites excluding steroid dienone is 5. The highest BCUT2D eigenvalue weighted by molar-refractivity contribution is 6.03. The Morgan fingerprint density at radius 1 is 0.700 bits per heavy atom. The van der Waals surface area contributed by atoms with Gasteiger partial charge in [-0.1, -0.05) is 95.5 Å². The van der Waals surface area contributed by atoms with Gasteiger partial charge in [0.25, 0.3) is 0 Å². The largest absolute Gasteiger partial charge is 0.394 e. The van der Waals surface area contributed by atoms with Gasteiger partial charge in [0.1, 0.15) is 73.8 Å². The Hall–Kier alpha value is -9.24. The molecule has 0 spiro atoms. The fraction of sp³-hybridized carbons (Fsp3) is 0.688. The number of halogens is 2. The maximum absolute atomic E-state index is 18.4. The number of aliphatic hydroxyl groups excluding tert-OH is 8. The van der Waals surface area contributed by atoms with Crippen molar-refractivity contribution < 1.29 is 145 Å². The Morgan fingerprint density at radius 2 is 1.39 bits per heavy atom. The van der Waals surface area contributed by atoms with Crippen molar-refractivity contribution >= 4 is 75.9 Å². The van der Waals surface area contributed by atoms with Gasteiger partial charge in [-0.05, 0) is 125 Å². The third-order valence-electron chi connectivity index (χ3n) is 28.8. The number of alkyl halides is 2. The number of anilines is 1. The lowest BCUT2D eigenvalue weighted by atomic mass is 9.44. The van der Waals surface area contributed by atoms with Gasteiger partial charge in [-0.3, -0.25) is 54.0 Å². The number of ketones is 3. The molecular formula is C96H142F2N14O28. The minimum atomic E-state index is -2.49. The summed E-state index contributed by atoms with van der Waals surface area (Å²) < 4.78 is 94.5. The average molecular weight is 1980 g/mol. The summed E-state index contributed by atoms with van der Waals surface area (Å²) in [5.41, 5.74) is 12.2. The third kappa shape index (κ3) is 24.9. The number of fused-ring (bicyclic) bond motifs is 9. The molecule has 2 aromatic carbocycles. The molecule has 3 saturated carbocycles. The molecule has 12 rings (SSSR count). The number of nitrogens with two attached hydrogens (primary N) is 2. The van der Waals surface area contributed by atoms with Crippen LogP contribution in [-0.4, -0.2) is 326 Å². The van der Waals surface area contributed by atoms with E-state index in [1.165, 1.54) is 24.1 Å². The summed E-state index contributed by atoms with van der Waals surface area (Å²) in [7, 11) is 1.80. The molecule has 2 aromatic rings. The van der Waals surface area contributed by atoms with Crippen LogP contribution in [0.25, 0.3) is 11.4 Å². The van der Waals surface area contributed by atoms with E-state index in [-0.39, 0.29) is 161 Å². The van der Waals surface area contributed by atoms with E-state index in [1.807, 2.05) is 55.5 Å². The molecular weight excluding hydrogens is 1840 g/mol. The number of carbonyl (C=O) groups excluding carboxylic acids is 10. The third-order valence-corrected chi connectivity index (χ3v) is 28.8. The van der Waals surface area contributed by atoms with Gasteiger partial charge >= 0.3 is 6.03 Å². The Balaban J connectivity index is 0.628. The van der Waals surface area contributed by atoms with Crippen LogP contribution in [0.15, 0.2) is 83.7 Å². The first-order chi connectivity index (χ1) is 67.1. The average Bonchev–Trinajstić information content (AvgIpc) is 1.47. The Morgan fingerprint density at radius 3 is 2.09 bits per heavy atom. The molecule has 3 saturated heterocycles. The number of rotatable bonds is 50. The number of nitrogens with zero attached hydrogens (tertiary/aromatic N) is 2. The van der Waals surface area contributed by atoms with E-state index in [1.54, 1.807) is 32.7 Å². The number of benzene rings is 2. The number of urea groups is 1. The molecule has 10 aliphatic rings. The summed E-state index contributed by atoms with van der Waals surface area (Å²) in [6.07, 6.45) is -16.2. The van der Waals surface area contributed by atoms with Gasteiger partial charge in [0.2, 0.25) is 35.4 Å². The molecule has 8 amide bonds. The summed E-state index contributed by atoms with van der Waals surface area (Å²) in [5, 5.41) is 108. The number of unbranched alkanes of at least 4 members (excludes halogenated alkanes) is 1. The van der Waals surface area contributed by atoms with E-state index < -0.39 is 236 Å². The standard InChI is InChI=1S/C96H142F2N14O28/c1-7-18-77-138-72-46-59-60-45-62(97)61-44-56(115)29-31-93(61,4)95(60,98)70(117)47-94(59,5)96(72,140-77)71(118)48-105-88(128)54(20-17-33-104-92(99)130)43-66(116)78(53(2)3)107-89(129)63(23-15-16-32-102-75(121)52-135-67-26-10-8-9-25-65-81(67)109-110-112(65)90-85(126)84(125)87(69(51-114)136-90)139-91-86(127)83(124)82(123)68(50-113)137-91)106-74(120)30-35-131-37-39-133-41-42-134-40-38-132-36-34-103-73(119)27-28-76(122)111-49-55-19-11-12-21-57(55)79(101-6)80(108-100)58-22-13-14-24-64(58)111/h11-14,19,21-22,24,29,31,44,53-54,59-60,62-63,67-70,72,77-78,82-87,90-91,101,108-110,113-114,117,123-127H,7-10,15-18,20,23,25-28,30,32-43,45-52,100H2,1-6H3,(H,102,121)(H,103,119)(H,105,128)(H,106,120)(H,107,129)(H3,99,104,130)/b80-79-/t54-,59+,60+,62+,63-,67?,68-,69-,70+,72-,77?,78+,82-,83+,84-,85-,86-,87-,90+,91-,93+,94+,95+,96-/m1/s1. The van der Waals surface area contributed by atoms with Crippen LogP contribution in [0.1, 0.15) is 173 Å². The molecule has 42 nitrogen and oxygen atoms in total. The van der Waals surface area contributed by atoms with Crippen LogP contribution in [0.2, 0.25) is 0 Å². The number of amides is 8. The molecule has 5 heterocycles. The predicted molar refractivity (Wildman–Crippen MR) is 497 cm³/mol. The number of hydrazine groups is 3. The van der Waals surface area contributed by atoms with Gasteiger partial charge in [-0.2, -0.15) is 0 Å². The van der Waals surface area contributed by atoms with Gasteiger partial charge in [0, 0.05) is 86.2 Å². The minimum absolute atomic E-state index is 0.0200. The van der Waals surface area contributed by atoms with Gasteiger partial charge < -0.3 is 147 Å². The first-order valence-electron chi connectivity index (χ1n) is 48.8. The smallest absolute Gasteiger partial charge is 0.312 e. The summed E-state index contributed by atoms with van der Waals surface area (Å²) in [5.74, 6) is -2.77. The minimum Gasteiger partial charge on any atom is -0.394 e. The zero-order valence-corrected chi connectivity index (χ0v) is 80.3. The fourth-order valence-electron chi connectivity index (χ4n) is 21.6. The first-order valence-corrected chi connectivity index (χ1v) is 48.8. The first kappa shape index (κ1) is 110. The molecule has 6 fully saturated rings. The van der Waals surface area contributed by atoms with Crippen LogP contribution in [0.4, 0.5) is 19.3 Å². The molecule has 5 aliphatic carbocycles. The number of aliphatic hydroxyl groups is 8. The second-order valence-corrected chi connectivity index (χ2v) is 38.2. The van der Waals surface area contributed by atoms with Crippen molar-refractivity contribution in [3.05, 3.63) is 100 Å². The van der Waals surface area contributed by atoms with Crippen LogP contribution in [0.3, 0.4) is 0 Å². The summed E-state index contributed by atoms with van der Waals surface area (Å²) >= 11 is 0. The van der Waals surface area contributed by atoms with Gasteiger partial charge in [0.15, 0.2) is 47.4 Å². The highest BCUT2D eigenvalue weighted by atomic mass is 19.1. The van der Waals surface area contributed by atoms with Crippen molar-refractivity contribution in [1.82, 2.24) is 58.6 Å². The molecule has 5 aliphatic heterocycles. The quantitative estimate of drug-likeness (QED) is 0.0230. The SMILES string of the molecule is CCCC1O[C@@H]2C[C@H]3[C@@H]4C[C@H](F)C5=CC(=O)C=C[C@]5(C)[C@@]4(F)[C@@H](O)C[C@]3(C)[C@]2(C(=O)CNC(=O)[C@H](CCCNC(N)=O)CC(=O)[C@@H](NC(=O)[C@@H](CCCCNC(=O)COC2CCCCCC3=C2NNN3[C@H]2O[C@H](CO)[C@@H](O[C@H]3O[C@H](CO)[C@@H](O)[C@H](O)[C@H]3O)[C@H](O)[C@H]2O)NC(=O)CCOCCOCCOCCOCCNC(=O)CCC(=O)N2Cc3ccccc3/C(NC)=C(/NN)c3ccccc32)C(C)C)O1. The second kappa shape index (κ2) is 50.3. The Kier molecular flexibility index (Phi) is 39.4.